The molecule has 2 heterocycles. The first-order valence-corrected chi connectivity index (χ1v) is 7.11. The Morgan fingerprint density at radius 1 is 1.45 bits per heavy atom. The lowest BCUT2D eigenvalue weighted by atomic mass is 10.1. The van der Waals surface area contributed by atoms with Crippen molar-refractivity contribution in [2.75, 3.05) is 36.5 Å². The van der Waals surface area contributed by atoms with Crippen molar-refractivity contribution in [3.05, 3.63) is 17.7 Å². The standard InChI is InChI=1S/C14H21F2N3O/c1-2-5-17-13-11(15)8-12(16)14(18-13)19-6-3-10(9-19)4-7-20/h8,10,20H,2-7,9H2,1H3,(H,17,18). The first kappa shape index (κ1) is 15.0. The first-order chi connectivity index (χ1) is 9.65. The summed E-state index contributed by atoms with van der Waals surface area (Å²) in [5.41, 5.74) is 0. The van der Waals surface area contributed by atoms with E-state index < -0.39 is 11.6 Å². The van der Waals surface area contributed by atoms with Crippen LogP contribution in [0.2, 0.25) is 0 Å². The van der Waals surface area contributed by atoms with Crippen molar-refractivity contribution >= 4 is 11.6 Å². The highest BCUT2D eigenvalue weighted by atomic mass is 19.1. The van der Waals surface area contributed by atoms with Crippen LogP contribution in [0.15, 0.2) is 6.07 Å². The van der Waals surface area contributed by atoms with E-state index in [1.807, 2.05) is 11.8 Å². The molecule has 1 fully saturated rings. The minimum atomic E-state index is -0.661. The molecule has 1 aliphatic rings. The third-order valence-corrected chi connectivity index (χ3v) is 3.58. The lowest BCUT2D eigenvalue weighted by Crippen LogP contribution is -2.23. The maximum atomic E-state index is 13.9. The summed E-state index contributed by atoms with van der Waals surface area (Å²) in [5.74, 6) is -0.641. The van der Waals surface area contributed by atoms with E-state index in [0.717, 1.165) is 18.9 Å². The van der Waals surface area contributed by atoms with Gasteiger partial charge in [-0.15, -0.1) is 0 Å². The zero-order valence-corrected chi connectivity index (χ0v) is 11.7. The fourth-order valence-corrected chi connectivity index (χ4v) is 2.49. The van der Waals surface area contributed by atoms with Crippen molar-refractivity contribution in [3.8, 4) is 0 Å². The zero-order chi connectivity index (χ0) is 14.5. The van der Waals surface area contributed by atoms with Gasteiger partial charge in [-0.25, -0.2) is 13.8 Å². The Balaban J connectivity index is 2.14. The number of rotatable bonds is 6. The van der Waals surface area contributed by atoms with Gasteiger partial charge in [0.05, 0.1) is 0 Å². The van der Waals surface area contributed by atoms with Gasteiger partial charge in [0.1, 0.15) is 0 Å². The van der Waals surface area contributed by atoms with Gasteiger partial charge in [0.2, 0.25) is 0 Å². The van der Waals surface area contributed by atoms with E-state index in [2.05, 4.69) is 10.3 Å². The molecular weight excluding hydrogens is 264 g/mol. The van der Waals surface area contributed by atoms with E-state index in [9.17, 15) is 8.78 Å². The van der Waals surface area contributed by atoms with Gasteiger partial charge in [0.15, 0.2) is 23.3 Å². The maximum Gasteiger partial charge on any atom is 0.168 e. The summed E-state index contributed by atoms with van der Waals surface area (Å²) >= 11 is 0. The number of halogens is 2. The molecule has 20 heavy (non-hydrogen) atoms. The number of nitrogens with zero attached hydrogens (tertiary/aromatic N) is 2. The third-order valence-electron chi connectivity index (χ3n) is 3.58. The lowest BCUT2D eigenvalue weighted by Gasteiger charge is -2.19. The average molecular weight is 285 g/mol. The second-order valence-electron chi connectivity index (χ2n) is 5.16. The Bertz CT molecular complexity index is 456. The van der Waals surface area contributed by atoms with Gasteiger partial charge in [-0.05, 0) is 25.2 Å². The smallest absolute Gasteiger partial charge is 0.168 e. The number of pyridine rings is 1. The van der Waals surface area contributed by atoms with Gasteiger partial charge >= 0.3 is 0 Å². The second-order valence-corrected chi connectivity index (χ2v) is 5.16. The molecule has 6 heteroatoms. The minimum Gasteiger partial charge on any atom is -0.396 e. The summed E-state index contributed by atoms with van der Waals surface area (Å²) < 4.78 is 27.5. The molecule has 2 rings (SSSR count). The molecule has 1 atom stereocenters. The van der Waals surface area contributed by atoms with Crippen LogP contribution in [0.1, 0.15) is 26.2 Å². The molecule has 2 N–H and O–H groups in total. The summed E-state index contributed by atoms with van der Waals surface area (Å²) in [4.78, 5) is 5.91. The lowest BCUT2D eigenvalue weighted by molar-refractivity contribution is 0.263. The predicted octanol–water partition coefficient (Wildman–Crippen LogP) is 2.39. The van der Waals surface area contributed by atoms with Gasteiger partial charge in [-0.2, -0.15) is 0 Å². The van der Waals surface area contributed by atoms with Crippen LogP contribution in [-0.2, 0) is 0 Å². The molecule has 1 aromatic heterocycles. The van der Waals surface area contributed by atoms with E-state index in [0.29, 0.717) is 32.0 Å². The predicted molar refractivity (Wildman–Crippen MR) is 75.0 cm³/mol. The highest BCUT2D eigenvalue weighted by molar-refractivity contribution is 5.50. The second kappa shape index (κ2) is 6.83. The summed E-state index contributed by atoms with van der Waals surface area (Å²) in [5, 5.41) is 11.8. The van der Waals surface area contributed by atoms with E-state index >= 15 is 0 Å². The molecule has 0 bridgehead atoms. The third kappa shape index (κ3) is 3.36. The molecule has 1 saturated heterocycles. The van der Waals surface area contributed by atoms with Crippen LogP contribution in [-0.4, -0.2) is 36.3 Å². The fourth-order valence-electron chi connectivity index (χ4n) is 2.49. The maximum absolute atomic E-state index is 13.9. The van der Waals surface area contributed by atoms with Crippen molar-refractivity contribution in [1.82, 2.24) is 4.98 Å². The number of hydrogen-bond acceptors (Lipinski definition) is 4. The van der Waals surface area contributed by atoms with Crippen LogP contribution in [0.3, 0.4) is 0 Å². The molecule has 0 amide bonds. The van der Waals surface area contributed by atoms with Crippen LogP contribution in [0.5, 0.6) is 0 Å². The van der Waals surface area contributed by atoms with Gasteiger partial charge in [-0.3, -0.25) is 0 Å². The SMILES string of the molecule is CCCNc1nc(N2CCC(CCO)C2)c(F)cc1F. The molecule has 0 spiro atoms. The monoisotopic (exact) mass is 285 g/mol. The van der Waals surface area contributed by atoms with Crippen LogP contribution in [0.25, 0.3) is 0 Å². The molecule has 0 saturated carbocycles. The van der Waals surface area contributed by atoms with E-state index in [1.165, 1.54) is 0 Å². The Morgan fingerprint density at radius 3 is 2.95 bits per heavy atom. The molecular formula is C14H21F2N3O. The highest BCUT2D eigenvalue weighted by Crippen LogP contribution is 2.28. The number of hydrogen-bond donors (Lipinski definition) is 2. The summed E-state index contributed by atoms with van der Waals surface area (Å²) in [7, 11) is 0. The van der Waals surface area contributed by atoms with Crippen LogP contribution in [0.4, 0.5) is 20.4 Å². The van der Waals surface area contributed by atoms with Crippen LogP contribution >= 0.6 is 0 Å². The van der Waals surface area contributed by atoms with Crippen molar-refractivity contribution in [3.63, 3.8) is 0 Å². The van der Waals surface area contributed by atoms with E-state index in [-0.39, 0.29) is 18.2 Å². The van der Waals surface area contributed by atoms with Crippen LogP contribution in [0, 0.1) is 17.6 Å². The quantitative estimate of drug-likeness (QED) is 0.842. The van der Waals surface area contributed by atoms with E-state index in [1.54, 1.807) is 0 Å². The summed E-state index contributed by atoms with van der Waals surface area (Å²) in [6.45, 7) is 4.05. The zero-order valence-electron chi connectivity index (χ0n) is 11.7. The Morgan fingerprint density at radius 2 is 2.25 bits per heavy atom. The van der Waals surface area contributed by atoms with Crippen molar-refractivity contribution in [2.45, 2.75) is 26.2 Å². The molecule has 4 nitrogen and oxygen atoms in total. The van der Waals surface area contributed by atoms with E-state index in [4.69, 9.17) is 5.11 Å². The van der Waals surface area contributed by atoms with Crippen molar-refractivity contribution in [1.29, 1.82) is 0 Å². The minimum absolute atomic E-state index is 0.105. The molecule has 1 unspecified atom stereocenters. The average Bonchev–Trinajstić information content (AvgIpc) is 2.87. The molecule has 112 valence electrons. The Labute approximate surface area is 117 Å². The molecule has 0 radical (unpaired) electrons. The molecule has 0 aliphatic carbocycles. The number of aliphatic hydroxyl groups excluding tert-OH is 1. The largest absolute Gasteiger partial charge is 0.396 e. The van der Waals surface area contributed by atoms with Gasteiger partial charge in [0.25, 0.3) is 0 Å². The number of aromatic nitrogens is 1. The Hall–Kier alpha value is -1.43. The number of aliphatic hydroxyl groups is 1. The Kier molecular flexibility index (Phi) is 5.11. The van der Waals surface area contributed by atoms with Gasteiger partial charge < -0.3 is 15.3 Å². The molecule has 1 aromatic rings. The van der Waals surface area contributed by atoms with Crippen molar-refractivity contribution in [2.24, 2.45) is 5.92 Å². The van der Waals surface area contributed by atoms with Crippen molar-refractivity contribution < 1.29 is 13.9 Å². The van der Waals surface area contributed by atoms with Gasteiger partial charge in [0, 0.05) is 32.3 Å². The van der Waals surface area contributed by atoms with Gasteiger partial charge in [-0.1, -0.05) is 6.92 Å². The molecule has 0 aromatic carbocycles. The topological polar surface area (TPSA) is 48.4 Å². The number of nitrogens with one attached hydrogen (secondary N) is 1. The normalized spacial score (nSPS) is 18.6. The number of anilines is 2. The summed E-state index contributed by atoms with van der Waals surface area (Å²) in [6, 6.07) is 0.889. The highest BCUT2D eigenvalue weighted by Gasteiger charge is 2.26. The fraction of sp³-hybridized carbons (Fsp3) is 0.643. The van der Waals surface area contributed by atoms with Crippen LogP contribution < -0.4 is 10.2 Å². The molecule has 1 aliphatic heterocycles. The first-order valence-electron chi connectivity index (χ1n) is 7.11. The summed E-state index contributed by atoms with van der Waals surface area (Å²) in [6.07, 6.45) is 2.45.